The molecule has 0 aliphatic rings. The molecule has 2 aromatic carbocycles. The zero-order valence-corrected chi connectivity index (χ0v) is 15.4. The number of carbonyl (C=O) groups excluding carboxylic acids is 2. The molecule has 0 spiro atoms. The summed E-state index contributed by atoms with van der Waals surface area (Å²) in [6, 6.07) is 15.4. The van der Waals surface area contributed by atoms with Crippen molar-refractivity contribution >= 4 is 23.4 Å². The van der Waals surface area contributed by atoms with Gasteiger partial charge in [-0.15, -0.1) is 0 Å². The number of halogens is 1. The maximum Gasteiger partial charge on any atom is 0.251 e. The van der Waals surface area contributed by atoms with E-state index in [0.717, 1.165) is 5.56 Å². The molecule has 0 bridgehead atoms. The van der Waals surface area contributed by atoms with Gasteiger partial charge in [0.1, 0.15) is 6.04 Å². The van der Waals surface area contributed by atoms with E-state index in [9.17, 15) is 9.59 Å². The van der Waals surface area contributed by atoms with Crippen molar-refractivity contribution in [2.24, 2.45) is 5.92 Å². The molecular formula is C20H23ClN2O2. The van der Waals surface area contributed by atoms with Gasteiger partial charge in [-0.1, -0.05) is 55.8 Å². The Morgan fingerprint density at radius 3 is 2.04 bits per heavy atom. The second kappa shape index (κ2) is 8.67. The Labute approximate surface area is 153 Å². The second-order valence-corrected chi connectivity index (χ2v) is 6.78. The highest BCUT2D eigenvalue weighted by Gasteiger charge is 2.25. The normalized spacial score (nSPS) is 13.2. The monoisotopic (exact) mass is 358 g/mol. The van der Waals surface area contributed by atoms with Gasteiger partial charge in [0, 0.05) is 10.6 Å². The Morgan fingerprint density at radius 1 is 0.880 bits per heavy atom. The van der Waals surface area contributed by atoms with E-state index in [-0.39, 0.29) is 23.8 Å². The van der Waals surface area contributed by atoms with Gasteiger partial charge in [0.2, 0.25) is 5.91 Å². The van der Waals surface area contributed by atoms with Crippen LogP contribution in [0.2, 0.25) is 5.02 Å². The predicted octanol–water partition coefficient (Wildman–Crippen LogP) is 3.97. The first-order chi connectivity index (χ1) is 11.9. The lowest BCUT2D eigenvalue weighted by Crippen LogP contribution is -2.50. The lowest BCUT2D eigenvalue weighted by molar-refractivity contribution is -0.124. The standard InChI is InChI=1S/C20H23ClN2O2/c1-13(2)18(23-19(24)16-7-5-4-6-8-16)20(25)22-14(3)15-9-11-17(21)12-10-15/h4-14,18H,1-3H3,(H,22,25)(H,23,24). The van der Waals surface area contributed by atoms with Crippen molar-refractivity contribution in [1.29, 1.82) is 0 Å². The lowest BCUT2D eigenvalue weighted by Gasteiger charge is -2.24. The van der Waals surface area contributed by atoms with Gasteiger partial charge in [0.15, 0.2) is 0 Å². The van der Waals surface area contributed by atoms with E-state index < -0.39 is 6.04 Å². The fraction of sp³-hybridized carbons (Fsp3) is 0.300. The minimum Gasteiger partial charge on any atom is -0.348 e. The van der Waals surface area contributed by atoms with Gasteiger partial charge >= 0.3 is 0 Å². The summed E-state index contributed by atoms with van der Waals surface area (Å²) in [5.74, 6) is -0.500. The molecule has 0 aliphatic carbocycles. The minimum absolute atomic E-state index is 0.0370. The van der Waals surface area contributed by atoms with E-state index in [1.807, 2.05) is 39.0 Å². The van der Waals surface area contributed by atoms with Gasteiger partial charge < -0.3 is 10.6 Å². The molecule has 0 radical (unpaired) electrons. The molecule has 25 heavy (non-hydrogen) atoms. The molecule has 2 aromatic rings. The largest absolute Gasteiger partial charge is 0.348 e. The maximum atomic E-state index is 12.7. The van der Waals surface area contributed by atoms with E-state index in [0.29, 0.717) is 10.6 Å². The molecule has 5 heteroatoms. The SMILES string of the molecule is CC(NC(=O)C(NC(=O)c1ccccc1)C(C)C)c1ccc(Cl)cc1. The number of nitrogens with one attached hydrogen (secondary N) is 2. The van der Waals surface area contributed by atoms with Gasteiger partial charge in [-0.05, 0) is 42.7 Å². The highest BCUT2D eigenvalue weighted by molar-refractivity contribution is 6.30. The van der Waals surface area contributed by atoms with E-state index >= 15 is 0 Å². The zero-order valence-electron chi connectivity index (χ0n) is 14.6. The van der Waals surface area contributed by atoms with Crippen LogP contribution in [0.15, 0.2) is 54.6 Å². The number of hydrogen-bond acceptors (Lipinski definition) is 2. The van der Waals surface area contributed by atoms with Crippen LogP contribution in [-0.4, -0.2) is 17.9 Å². The minimum atomic E-state index is -0.609. The van der Waals surface area contributed by atoms with Crippen LogP contribution in [0, 0.1) is 5.92 Å². The van der Waals surface area contributed by atoms with Crippen molar-refractivity contribution in [3.63, 3.8) is 0 Å². The highest BCUT2D eigenvalue weighted by Crippen LogP contribution is 2.16. The Hall–Kier alpha value is -2.33. The lowest BCUT2D eigenvalue weighted by atomic mass is 10.0. The highest BCUT2D eigenvalue weighted by atomic mass is 35.5. The molecule has 2 amide bonds. The van der Waals surface area contributed by atoms with Crippen molar-refractivity contribution in [2.75, 3.05) is 0 Å². The third kappa shape index (κ3) is 5.33. The van der Waals surface area contributed by atoms with E-state index in [4.69, 9.17) is 11.6 Å². The van der Waals surface area contributed by atoms with Crippen molar-refractivity contribution < 1.29 is 9.59 Å². The molecule has 0 fully saturated rings. The zero-order chi connectivity index (χ0) is 18.4. The Kier molecular flexibility index (Phi) is 6.59. The average molecular weight is 359 g/mol. The maximum absolute atomic E-state index is 12.7. The first-order valence-electron chi connectivity index (χ1n) is 8.30. The van der Waals surface area contributed by atoms with Crippen molar-refractivity contribution in [2.45, 2.75) is 32.9 Å². The van der Waals surface area contributed by atoms with Crippen molar-refractivity contribution in [3.05, 3.63) is 70.7 Å². The van der Waals surface area contributed by atoms with Crippen LogP contribution >= 0.6 is 11.6 Å². The molecule has 2 atom stereocenters. The van der Waals surface area contributed by atoms with Crippen LogP contribution in [0.5, 0.6) is 0 Å². The Bertz CT molecular complexity index is 714. The molecular weight excluding hydrogens is 336 g/mol. The second-order valence-electron chi connectivity index (χ2n) is 6.34. The van der Waals surface area contributed by atoms with Gasteiger partial charge in [0.05, 0.1) is 6.04 Å². The summed E-state index contributed by atoms with van der Waals surface area (Å²) in [7, 11) is 0. The van der Waals surface area contributed by atoms with E-state index in [1.165, 1.54) is 0 Å². The van der Waals surface area contributed by atoms with Crippen LogP contribution in [0.4, 0.5) is 0 Å². The summed E-state index contributed by atoms with van der Waals surface area (Å²) in [4.78, 5) is 25.0. The van der Waals surface area contributed by atoms with Crippen LogP contribution < -0.4 is 10.6 Å². The molecule has 0 saturated heterocycles. The summed E-state index contributed by atoms with van der Waals surface area (Å²) >= 11 is 5.89. The van der Waals surface area contributed by atoms with E-state index in [2.05, 4.69) is 10.6 Å². The van der Waals surface area contributed by atoms with Gasteiger partial charge in [-0.2, -0.15) is 0 Å². The summed E-state index contributed by atoms with van der Waals surface area (Å²) in [5.41, 5.74) is 1.49. The first kappa shape index (κ1) is 19.0. The molecule has 2 unspecified atom stereocenters. The summed E-state index contributed by atoms with van der Waals surface area (Å²) in [6.45, 7) is 5.71. The predicted molar refractivity (Wildman–Crippen MR) is 101 cm³/mol. The Balaban J connectivity index is 2.05. The van der Waals surface area contributed by atoms with Crippen LogP contribution in [0.1, 0.15) is 42.7 Å². The number of benzene rings is 2. The van der Waals surface area contributed by atoms with Gasteiger partial charge in [-0.3, -0.25) is 9.59 Å². The first-order valence-corrected chi connectivity index (χ1v) is 8.68. The molecule has 2 N–H and O–H groups in total. The fourth-order valence-corrected chi connectivity index (χ4v) is 2.61. The molecule has 0 saturated carbocycles. The number of hydrogen-bond donors (Lipinski definition) is 2. The molecule has 132 valence electrons. The van der Waals surface area contributed by atoms with E-state index in [1.54, 1.807) is 36.4 Å². The van der Waals surface area contributed by atoms with Crippen molar-refractivity contribution in [3.8, 4) is 0 Å². The third-order valence-electron chi connectivity index (χ3n) is 4.00. The number of amides is 2. The van der Waals surface area contributed by atoms with Gasteiger partial charge in [0.25, 0.3) is 5.91 Å². The Morgan fingerprint density at radius 2 is 1.48 bits per heavy atom. The topological polar surface area (TPSA) is 58.2 Å². The van der Waals surface area contributed by atoms with Crippen LogP contribution in [0.25, 0.3) is 0 Å². The molecule has 0 aliphatic heterocycles. The fourth-order valence-electron chi connectivity index (χ4n) is 2.49. The van der Waals surface area contributed by atoms with Crippen LogP contribution in [0.3, 0.4) is 0 Å². The van der Waals surface area contributed by atoms with Crippen molar-refractivity contribution in [1.82, 2.24) is 10.6 Å². The molecule has 4 nitrogen and oxygen atoms in total. The summed E-state index contributed by atoms with van der Waals surface area (Å²) in [5, 5.41) is 6.43. The molecule has 0 heterocycles. The van der Waals surface area contributed by atoms with Crippen LogP contribution in [-0.2, 0) is 4.79 Å². The smallest absolute Gasteiger partial charge is 0.251 e. The summed E-state index contributed by atoms with van der Waals surface area (Å²) < 4.78 is 0. The quantitative estimate of drug-likeness (QED) is 0.820. The summed E-state index contributed by atoms with van der Waals surface area (Å²) in [6.07, 6.45) is 0. The third-order valence-corrected chi connectivity index (χ3v) is 4.25. The number of carbonyl (C=O) groups is 2. The average Bonchev–Trinajstić information content (AvgIpc) is 2.60. The number of rotatable bonds is 6. The molecule has 0 aromatic heterocycles. The van der Waals surface area contributed by atoms with Gasteiger partial charge in [-0.25, -0.2) is 0 Å². The molecule has 2 rings (SSSR count).